The summed E-state index contributed by atoms with van der Waals surface area (Å²) < 4.78 is 35.8. The predicted octanol–water partition coefficient (Wildman–Crippen LogP) is 3.16. The van der Waals surface area contributed by atoms with Gasteiger partial charge in [-0.15, -0.1) is 0 Å². The molecule has 1 N–H and O–H groups in total. The summed E-state index contributed by atoms with van der Waals surface area (Å²) in [5, 5.41) is 0. The highest BCUT2D eigenvalue weighted by Gasteiger charge is 2.19. The van der Waals surface area contributed by atoms with E-state index in [-0.39, 0.29) is 10.8 Å². The van der Waals surface area contributed by atoms with Crippen LogP contribution in [-0.4, -0.2) is 23.7 Å². The van der Waals surface area contributed by atoms with E-state index in [4.69, 9.17) is 0 Å². The van der Waals surface area contributed by atoms with Crippen LogP contribution in [0.2, 0.25) is 0 Å². The second kappa shape index (κ2) is 6.74. The molecule has 0 saturated carbocycles. The molecule has 0 amide bonds. The molecule has 3 aromatic rings. The van der Waals surface area contributed by atoms with Crippen LogP contribution in [0.1, 0.15) is 24.8 Å². The molecule has 1 aromatic heterocycles. The van der Waals surface area contributed by atoms with Crippen molar-refractivity contribution in [2.24, 2.45) is 0 Å². The van der Waals surface area contributed by atoms with Crippen molar-refractivity contribution in [3.63, 3.8) is 0 Å². The Kier molecular flexibility index (Phi) is 4.70. The average molecular weight is 347 g/mol. The summed E-state index contributed by atoms with van der Waals surface area (Å²) in [4.78, 5) is 0.191. The van der Waals surface area contributed by atoms with Gasteiger partial charge in [0.2, 0.25) is 10.0 Å². The Morgan fingerprint density at radius 1 is 1.09 bits per heavy atom. The lowest BCUT2D eigenvalue weighted by Crippen LogP contribution is -2.26. The molecule has 2 aromatic carbocycles. The van der Waals surface area contributed by atoms with Crippen molar-refractivity contribution < 1.29 is 8.42 Å². The standard InChI is InChI=1S/C16H17N3O2S2/c1-12(13-6-3-2-4-7-13)10-11-17-23(20,21)15-9-5-8-14-16(15)19-22-18-14/h2-9,12,17H,10-11H2,1H3. The number of nitrogens with zero attached hydrogens (tertiary/aromatic N) is 2. The zero-order valence-electron chi connectivity index (χ0n) is 12.6. The van der Waals surface area contributed by atoms with Crippen LogP contribution in [0.3, 0.4) is 0 Å². The Balaban J connectivity index is 1.69. The Bertz CT molecular complexity index is 892. The van der Waals surface area contributed by atoms with Gasteiger partial charge in [-0.2, -0.15) is 8.75 Å². The zero-order valence-corrected chi connectivity index (χ0v) is 14.3. The molecule has 0 bridgehead atoms. The summed E-state index contributed by atoms with van der Waals surface area (Å²) in [7, 11) is -3.58. The number of aromatic nitrogens is 2. The van der Waals surface area contributed by atoms with Gasteiger partial charge in [-0.05, 0) is 30.0 Å². The fourth-order valence-electron chi connectivity index (χ4n) is 2.43. The summed E-state index contributed by atoms with van der Waals surface area (Å²) >= 11 is 1.02. The van der Waals surface area contributed by atoms with Crippen LogP contribution in [0.5, 0.6) is 0 Å². The highest BCUT2D eigenvalue weighted by atomic mass is 32.2. The summed E-state index contributed by atoms with van der Waals surface area (Å²) in [5.41, 5.74) is 2.24. The molecule has 0 aliphatic carbocycles. The van der Waals surface area contributed by atoms with E-state index in [9.17, 15) is 8.42 Å². The van der Waals surface area contributed by atoms with Gasteiger partial charge in [0.15, 0.2) is 0 Å². The van der Waals surface area contributed by atoms with Crippen molar-refractivity contribution in [2.45, 2.75) is 24.2 Å². The molecule has 1 unspecified atom stereocenters. The van der Waals surface area contributed by atoms with Crippen LogP contribution in [0.25, 0.3) is 11.0 Å². The molecular weight excluding hydrogens is 330 g/mol. The van der Waals surface area contributed by atoms with Crippen molar-refractivity contribution in [1.29, 1.82) is 0 Å². The van der Waals surface area contributed by atoms with Gasteiger partial charge in [0.1, 0.15) is 15.9 Å². The first-order valence-corrected chi connectivity index (χ1v) is 9.55. The Morgan fingerprint density at radius 3 is 2.65 bits per heavy atom. The second-order valence-corrected chi connectivity index (χ2v) is 7.65. The Hall–Kier alpha value is -1.83. The lowest BCUT2D eigenvalue weighted by atomic mass is 9.98. The van der Waals surface area contributed by atoms with Gasteiger partial charge >= 0.3 is 0 Å². The summed E-state index contributed by atoms with van der Waals surface area (Å²) in [6, 6.07) is 15.1. The van der Waals surface area contributed by atoms with Crippen molar-refractivity contribution in [2.75, 3.05) is 6.54 Å². The van der Waals surface area contributed by atoms with E-state index in [1.807, 2.05) is 18.2 Å². The zero-order chi connectivity index (χ0) is 16.3. The minimum Gasteiger partial charge on any atom is -0.211 e. The molecule has 5 nitrogen and oxygen atoms in total. The third-order valence-electron chi connectivity index (χ3n) is 3.78. The van der Waals surface area contributed by atoms with E-state index in [0.29, 0.717) is 17.6 Å². The number of hydrogen-bond donors (Lipinski definition) is 1. The first-order valence-electron chi connectivity index (χ1n) is 7.34. The molecule has 0 radical (unpaired) electrons. The van der Waals surface area contributed by atoms with Crippen molar-refractivity contribution in [3.05, 3.63) is 54.1 Å². The maximum Gasteiger partial charge on any atom is 0.242 e. The molecule has 0 aliphatic heterocycles. The maximum absolute atomic E-state index is 12.5. The van der Waals surface area contributed by atoms with Gasteiger partial charge in [-0.25, -0.2) is 13.1 Å². The quantitative estimate of drug-likeness (QED) is 0.743. The van der Waals surface area contributed by atoms with E-state index in [0.717, 1.165) is 18.1 Å². The monoisotopic (exact) mass is 347 g/mol. The molecule has 120 valence electrons. The second-order valence-electron chi connectivity index (χ2n) is 5.39. The van der Waals surface area contributed by atoms with Crippen molar-refractivity contribution in [1.82, 2.24) is 13.5 Å². The normalized spacial score (nSPS) is 13.3. The molecule has 0 spiro atoms. The smallest absolute Gasteiger partial charge is 0.211 e. The first kappa shape index (κ1) is 16.0. The topological polar surface area (TPSA) is 72.0 Å². The van der Waals surface area contributed by atoms with Crippen LogP contribution >= 0.6 is 11.7 Å². The van der Waals surface area contributed by atoms with Crippen LogP contribution in [-0.2, 0) is 10.0 Å². The highest BCUT2D eigenvalue weighted by Crippen LogP contribution is 2.22. The van der Waals surface area contributed by atoms with Gasteiger partial charge in [0.25, 0.3) is 0 Å². The van der Waals surface area contributed by atoms with E-state index in [1.165, 1.54) is 5.56 Å². The Morgan fingerprint density at radius 2 is 1.87 bits per heavy atom. The fraction of sp³-hybridized carbons (Fsp3) is 0.250. The van der Waals surface area contributed by atoms with Crippen molar-refractivity contribution >= 4 is 32.8 Å². The summed E-state index contributed by atoms with van der Waals surface area (Å²) in [5.74, 6) is 0.288. The number of fused-ring (bicyclic) bond motifs is 1. The van der Waals surface area contributed by atoms with Crippen molar-refractivity contribution in [3.8, 4) is 0 Å². The van der Waals surface area contributed by atoms with Gasteiger partial charge in [0, 0.05) is 6.54 Å². The van der Waals surface area contributed by atoms with Crippen LogP contribution in [0.15, 0.2) is 53.4 Å². The summed E-state index contributed by atoms with van der Waals surface area (Å²) in [6.07, 6.45) is 0.731. The minimum absolute atomic E-state index is 0.191. The molecule has 1 atom stereocenters. The fourth-order valence-corrected chi connectivity index (χ4v) is 4.25. The van der Waals surface area contributed by atoms with Crippen LogP contribution < -0.4 is 4.72 Å². The molecule has 0 fully saturated rings. The lowest BCUT2D eigenvalue weighted by molar-refractivity contribution is 0.573. The molecular formula is C16H17N3O2S2. The number of sulfonamides is 1. The van der Waals surface area contributed by atoms with Crippen LogP contribution in [0.4, 0.5) is 0 Å². The van der Waals surface area contributed by atoms with E-state index in [2.05, 4.69) is 32.5 Å². The van der Waals surface area contributed by atoms with Gasteiger partial charge in [-0.1, -0.05) is 43.3 Å². The van der Waals surface area contributed by atoms with Gasteiger partial charge in [0.05, 0.1) is 11.7 Å². The molecule has 0 saturated heterocycles. The first-order chi connectivity index (χ1) is 11.1. The average Bonchev–Trinajstić information content (AvgIpc) is 3.03. The summed E-state index contributed by atoms with van der Waals surface area (Å²) in [6.45, 7) is 2.47. The maximum atomic E-state index is 12.5. The SMILES string of the molecule is CC(CCNS(=O)(=O)c1cccc2nsnc12)c1ccccc1. The highest BCUT2D eigenvalue weighted by molar-refractivity contribution is 7.89. The molecule has 7 heteroatoms. The molecule has 23 heavy (non-hydrogen) atoms. The van der Waals surface area contributed by atoms with E-state index < -0.39 is 10.0 Å². The number of rotatable bonds is 6. The Labute approximate surface area is 139 Å². The third kappa shape index (κ3) is 3.57. The molecule has 3 rings (SSSR count). The van der Waals surface area contributed by atoms with Crippen LogP contribution in [0, 0.1) is 0 Å². The van der Waals surface area contributed by atoms with Gasteiger partial charge in [-0.3, -0.25) is 0 Å². The predicted molar refractivity (Wildman–Crippen MR) is 92.1 cm³/mol. The van der Waals surface area contributed by atoms with E-state index in [1.54, 1.807) is 18.2 Å². The molecule has 1 heterocycles. The molecule has 0 aliphatic rings. The number of nitrogens with one attached hydrogen (secondary N) is 1. The lowest BCUT2D eigenvalue weighted by Gasteiger charge is -2.12. The minimum atomic E-state index is -3.58. The van der Waals surface area contributed by atoms with E-state index >= 15 is 0 Å². The van der Waals surface area contributed by atoms with Gasteiger partial charge < -0.3 is 0 Å². The number of hydrogen-bond acceptors (Lipinski definition) is 5. The number of benzene rings is 2. The largest absolute Gasteiger partial charge is 0.242 e. The third-order valence-corrected chi connectivity index (χ3v) is 5.81.